The first-order valence-corrected chi connectivity index (χ1v) is 8.95. The zero-order valence-electron chi connectivity index (χ0n) is 15.7. The summed E-state index contributed by atoms with van der Waals surface area (Å²) < 4.78 is 10.5. The number of amides is 2. The van der Waals surface area contributed by atoms with Gasteiger partial charge in [0, 0.05) is 18.5 Å². The van der Waals surface area contributed by atoms with Gasteiger partial charge in [-0.15, -0.1) is 0 Å². The number of carboxylic acid groups (broad SMARTS) is 1. The molecule has 1 aromatic carbocycles. The second-order valence-corrected chi connectivity index (χ2v) is 6.37. The number of benzene rings is 1. The summed E-state index contributed by atoms with van der Waals surface area (Å²) >= 11 is 0. The Hall–Kier alpha value is -2.83. The second kappa shape index (κ2) is 9.75. The maximum Gasteiger partial charge on any atom is 0.303 e. The van der Waals surface area contributed by atoms with Crippen LogP contribution in [0.1, 0.15) is 44.1 Å². The standard InChI is InChI=1S/C20H25NO6/c1-26-16-9-8-14(12-17(16)27-2)11-15-13-18(22)21(20(15)25)10-6-4-3-5-7-19(23)24/h8-9,11-12H,3-7,10,13H2,1-2H3,(H,23,24)/b15-11+. The van der Waals surface area contributed by atoms with Crippen molar-refractivity contribution in [3.05, 3.63) is 29.3 Å². The third-order valence-electron chi connectivity index (χ3n) is 4.43. The van der Waals surface area contributed by atoms with Crippen molar-refractivity contribution in [3.63, 3.8) is 0 Å². The zero-order valence-corrected chi connectivity index (χ0v) is 15.7. The SMILES string of the molecule is COc1ccc(/C=C2\CC(=O)N(CCCCCCC(=O)O)C2=O)cc1OC. The van der Waals surface area contributed by atoms with Crippen LogP contribution < -0.4 is 9.47 Å². The lowest BCUT2D eigenvalue weighted by Crippen LogP contribution is -2.30. The van der Waals surface area contributed by atoms with E-state index in [0.29, 0.717) is 36.5 Å². The largest absolute Gasteiger partial charge is 0.493 e. The number of hydrogen-bond donors (Lipinski definition) is 1. The third-order valence-corrected chi connectivity index (χ3v) is 4.43. The molecule has 7 heteroatoms. The van der Waals surface area contributed by atoms with Crippen molar-refractivity contribution in [2.45, 2.75) is 38.5 Å². The molecule has 7 nitrogen and oxygen atoms in total. The second-order valence-electron chi connectivity index (χ2n) is 6.37. The first-order chi connectivity index (χ1) is 13.0. The van der Waals surface area contributed by atoms with Crippen molar-refractivity contribution in [2.24, 2.45) is 0 Å². The van der Waals surface area contributed by atoms with Crippen molar-refractivity contribution < 1.29 is 29.0 Å². The van der Waals surface area contributed by atoms with E-state index in [1.165, 1.54) is 12.0 Å². The molecule has 1 aliphatic rings. The molecule has 146 valence electrons. The number of carboxylic acids is 1. The summed E-state index contributed by atoms with van der Waals surface area (Å²) in [5.74, 6) is -0.109. The Kier molecular flexibility index (Phi) is 7.40. The molecule has 0 aromatic heterocycles. The van der Waals surface area contributed by atoms with Crippen molar-refractivity contribution >= 4 is 23.9 Å². The molecule has 1 aliphatic heterocycles. The number of unbranched alkanes of at least 4 members (excludes halogenated alkanes) is 3. The van der Waals surface area contributed by atoms with Crippen LogP contribution in [0.25, 0.3) is 6.08 Å². The van der Waals surface area contributed by atoms with Gasteiger partial charge in [-0.3, -0.25) is 19.3 Å². The van der Waals surface area contributed by atoms with Crippen LogP contribution in [0.4, 0.5) is 0 Å². The number of ether oxygens (including phenoxy) is 2. The zero-order chi connectivity index (χ0) is 19.8. The van der Waals surface area contributed by atoms with E-state index in [9.17, 15) is 14.4 Å². The molecule has 1 heterocycles. The van der Waals surface area contributed by atoms with E-state index in [-0.39, 0.29) is 24.7 Å². The summed E-state index contributed by atoms with van der Waals surface area (Å²) in [5, 5.41) is 8.61. The molecule has 0 unspecified atom stereocenters. The molecule has 0 aliphatic carbocycles. The Morgan fingerprint density at radius 1 is 1.11 bits per heavy atom. The number of carbonyl (C=O) groups is 3. The minimum atomic E-state index is -0.801. The van der Waals surface area contributed by atoms with E-state index in [2.05, 4.69) is 0 Å². The highest BCUT2D eigenvalue weighted by Crippen LogP contribution is 2.30. The molecular formula is C20H25NO6. The minimum Gasteiger partial charge on any atom is -0.493 e. The molecule has 2 rings (SSSR count). The van der Waals surface area contributed by atoms with Crippen LogP contribution in [0.3, 0.4) is 0 Å². The molecule has 0 spiro atoms. The normalized spacial score (nSPS) is 15.5. The summed E-state index contributed by atoms with van der Waals surface area (Å²) in [6, 6.07) is 5.31. The molecule has 1 saturated heterocycles. The van der Waals surface area contributed by atoms with Gasteiger partial charge in [0.05, 0.1) is 20.6 Å². The van der Waals surface area contributed by atoms with E-state index in [1.807, 2.05) is 0 Å². The van der Waals surface area contributed by atoms with E-state index in [1.54, 1.807) is 31.4 Å². The number of likely N-dealkylation sites (tertiary alicyclic amines) is 1. The monoisotopic (exact) mass is 375 g/mol. The Morgan fingerprint density at radius 3 is 2.48 bits per heavy atom. The predicted octanol–water partition coefficient (Wildman–Crippen LogP) is 2.88. The fourth-order valence-corrected chi connectivity index (χ4v) is 3.00. The summed E-state index contributed by atoms with van der Waals surface area (Å²) in [6.07, 6.45) is 4.80. The van der Waals surface area contributed by atoms with Gasteiger partial charge in [-0.05, 0) is 36.6 Å². The highest BCUT2D eigenvalue weighted by molar-refractivity contribution is 6.15. The lowest BCUT2D eigenvalue weighted by atomic mass is 10.1. The molecule has 2 amide bonds. The fraction of sp³-hybridized carbons (Fsp3) is 0.450. The average Bonchev–Trinajstić information content (AvgIpc) is 2.91. The number of aliphatic carboxylic acids is 1. The third kappa shape index (κ3) is 5.57. The van der Waals surface area contributed by atoms with Crippen LogP contribution >= 0.6 is 0 Å². The number of nitrogens with zero attached hydrogens (tertiary/aromatic N) is 1. The molecule has 27 heavy (non-hydrogen) atoms. The van der Waals surface area contributed by atoms with Crippen LogP contribution in [0.2, 0.25) is 0 Å². The van der Waals surface area contributed by atoms with Crippen LogP contribution in [-0.4, -0.2) is 48.6 Å². The number of methoxy groups -OCH3 is 2. The Morgan fingerprint density at radius 2 is 1.81 bits per heavy atom. The fourth-order valence-electron chi connectivity index (χ4n) is 3.00. The lowest BCUT2D eigenvalue weighted by molar-refractivity contribution is -0.138. The molecule has 0 atom stereocenters. The molecule has 0 radical (unpaired) electrons. The van der Waals surface area contributed by atoms with Crippen molar-refractivity contribution in [2.75, 3.05) is 20.8 Å². The number of hydrogen-bond acceptors (Lipinski definition) is 5. The predicted molar refractivity (Wildman–Crippen MR) is 99.6 cm³/mol. The Balaban J connectivity index is 1.94. The van der Waals surface area contributed by atoms with E-state index in [0.717, 1.165) is 18.4 Å². The van der Waals surface area contributed by atoms with Gasteiger partial charge in [-0.1, -0.05) is 18.9 Å². The lowest BCUT2D eigenvalue weighted by Gasteiger charge is -2.13. The topological polar surface area (TPSA) is 93.1 Å². The van der Waals surface area contributed by atoms with E-state index >= 15 is 0 Å². The molecule has 1 N–H and O–H groups in total. The molecule has 1 fully saturated rings. The highest BCUT2D eigenvalue weighted by Gasteiger charge is 2.33. The van der Waals surface area contributed by atoms with E-state index < -0.39 is 5.97 Å². The maximum absolute atomic E-state index is 12.5. The smallest absolute Gasteiger partial charge is 0.303 e. The van der Waals surface area contributed by atoms with Crippen molar-refractivity contribution in [1.82, 2.24) is 4.90 Å². The molecule has 0 bridgehead atoms. The van der Waals surface area contributed by atoms with Gasteiger partial charge in [0.25, 0.3) is 5.91 Å². The van der Waals surface area contributed by atoms with Gasteiger partial charge < -0.3 is 14.6 Å². The molecular weight excluding hydrogens is 350 g/mol. The van der Waals surface area contributed by atoms with Crippen LogP contribution in [0.5, 0.6) is 11.5 Å². The molecule has 1 aromatic rings. The van der Waals surface area contributed by atoms with Gasteiger partial charge in [0.15, 0.2) is 11.5 Å². The number of rotatable bonds is 10. The van der Waals surface area contributed by atoms with Gasteiger partial charge in [-0.2, -0.15) is 0 Å². The van der Waals surface area contributed by atoms with Gasteiger partial charge in [0.2, 0.25) is 5.91 Å². The highest BCUT2D eigenvalue weighted by atomic mass is 16.5. The average molecular weight is 375 g/mol. The first-order valence-electron chi connectivity index (χ1n) is 8.95. The molecule has 0 saturated carbocycles. The van der Waals surface area contributed by atoms with Crippen LogP contribution in [0, 0.1) is 0 Å². The Labute approximate surface area is 158 Å². The summed E-state index contributed by atoms with van der Waals surface area (Å²) in [5.41, 5.74) is 1.22. The number of imide groups is 1. The summed E-state index contributed by atoms with van der Waals surface area (Å²) in [7, 11) is 3.09. The van der Waals surface area contributed by atoms with Crippen LogP contribution in [-0.2, 0) is 14.4 Å². The van der Waals surface area contributed by atoms with Crippen LogP contribution in [0.15, 0.2) is 23.8 Å². The minimum absolute atomic E-state index is 0.0895. The van der Waals surface area contributed by atoms with Gasteiger partial charge in [0.1, 0.15) is 0 Å². The summed E-state index contributed by atoms with van der Waals surface area (Å²) in [6.45, 7) is 0.369. The first kappa shape index (κ1) is 20.5. The number of carbonyl (C=O) groups excluding carboxylic acids is 2. The Bertz CT molecular complexity index is 740. The van der Waals surface area contributed by atoms with Gasteiger partial charge >= 0.3 is 5.97 Å². The maximum atomic E-state index is 12.5. The van der Waals surface area contributed by atoms with E-state index in [4.69, 9.17) is 14.6 Å². The van der Waals surface area contributed by atoms with Crippen molar-refractivity contribution in [1.29, 1.82) is 0 Å². The quantitative estimate of drug-likeness (QED) is 0.384. The van der Waals surface area contributed by atoms with Gasteiger partial charge in [-0.25, -0.2) is 0 Å². The van der Waals surface area contributed by atoms with Crippen molar-refractivity contribution in [3.8, 4) is 11.5 Å². The summed E-state index contributed by atoms with van der Waals surface area (Å²) in [4.78, 5) is 36.4.